The zero-order valence-electron chi connectivity index (χ0n) is 13.5. The van der Waals surface area contributed by atoms with Crippen LogP contribution in [0.1, 0.15) is 15.9 Å². The molecule has 0 atom stereocenters. The summed E-state index contributed by atoms with van der Waals surface area (Å²) in [7, 11) is 0. The average molecular weight is 356 g/mol. The highest BCUT2D eigenvalue weighted by molar-refractivity contribution is 6.33. The molecule has 0 saturated heterocycles. The highest BCUT2D eigenvalue weighted by atomic mass is 35.5. The Bertz CT molecular complexity index is 904. The molecule has 25 heavy (non-hydrogen) atoms. The minimum absolute atomic E-state index is 0.0854. The van der Waals surface area contributed by atoms with E-state index in [9.17, 15) is 9.59 Å². The van der Waals surface area contributed by atoms with E-state index in [4.69, 9.17) is 11.6 Å². The molecule has 6 heteroatoms. The number of amides is 2. The molecule has 0 saturated carbocycles. The first kappa shape index (κ1) is 17.0. The molecule has 5 nitrogen and oxygen atoms in total. The molecule has 2 aromatic carbocycles. The second kappa shape index (κ2) is 7.85. The van der Waals surface area contributed by atoms with Gasteiger partial charge in [-0.1, -0.05) is 41.9 Å². The average Bonchev–Trinajstić information content (AvgIpc) is 3.03. The number of H-pyrrole nitrogens is 1. The van der Waals surface area contributed by atoms with Crippen LogP contribution in [0.15, 0.2) is 54.7 Å². The second-order valence-corrected chi connectivity index (χ2v) is 6.03. The molecule has 128 valence electrons. The van der Waals surface area contributed by atoms with Crippen LogP contribution in [-0.2, 0) is 11.2 Å². The van der Waals surface area contributed by atoms with Crippen LogP contribution in [0.4, 0.5) is 0 Å². The number of para-hydroxylation sites is 1. The van der Waals surface area contributed by atoms with Gasteiger partial charge in [-0.15, -0.1) is 0 Å². The summed E-state index contributed by atoms with van der Waals surface area (Å²) in [6, 6.07) is 14.8. The van der Waals surface area contributed by atoms with Crippen LogP contribution in [-0.4, -0.2) is 29.9 Å². The molecule has 3 rings (SSSR count). The minimum atomic E-state index is -0.364. The van der Waals surface area contributed by atoms with E-state index in [0.717, 1.165) is 16.5 Å². The van der Waals surface area contributed by atoms with E-state index in [1.54, 1.807) is 24.3 Å². The van der Waals surface area contributed by atoms with Crippen LogP contribution in [0.3, 0.4) is 0 Å². The van der Waals surface area contributed by atoms with Gasteiger partial charge in [0.05, 0.1) is 17.1 Å². The van der Waals surface area contributed by atoms with Crippen molar-refractivity contribution >= 4 is 34.3 Å². The van der Waals surface area contributed by atoms with E-state index >= 15 is 0 Å². The van der Waals surface area contributed by atoms with Gasteiger partial charge in [-0.05, 0) is 30.2 Å². The van der Waals surface area contributed by atoms with Gasteiger partial charge >= 0.3 is 0 Å². The lowest BCUT2D eigenvalue weighted by atomic mass is 10.1. The van der Waals surface area contributed by atoms with Crippen LogP contribution in [0.25, 0.3) is 10.9 Å². The molecule has 0 radical (unpaired) electrons. The van der Waals surface area contributed by atoms with Crippen molar-refractivity contribution in [3.63, 3.8) is 0 Å². The van der Waals surface area contributed by atoms with E-state index in [-0.39, 0.29) is 18.4 Å². The monoisotopic (exact) mass is 355 g/mol. The molecule has 3 aromatic rings. The van der Waals surface area contributed by atoms with Crippen LogP contribution >= 0.6 is 11.6 Å². The summed E-state index contributed by atoms with van der Waals surface area (Å²) in [5.74, 6) is -0.599. The highest BCUT2D eigenvalue weighted by Crippen LogP contribution is 2.17. The van der Waals surface area contributed by atoms with E-state index in [0.29, 0.717) is 23.6 Å². The predicted molar refractivity (Wildman–Crippen MR) is 98.8 cm³/mol. The number of carbonyl (C=O) groups excluding carboxylic acids is 2. The van der Waals surface area contributed by atoms with Gasteiger partial charge in [-0.25, -0.2) is 0 Å². The Balaban J connectivity index is 1.45. The van der Waals surface area contributed by atoms with E-state index in [1.807, 2.05) is 30.5 Å². The summed E-state index contributed by atoms with van der Waals surface area (Å²) in [6.07, 6.45) is 2.67. The smallest absolute Gasteiger partial charge is 0.253 e. The summed E-state index contributed by atoms with van der Waals surface area (Å²) in [5, 5.41) is 6.89. The van der Waals surface area contributed by atoms with Gasteiger partial charge in [0, 0.05) is 23.6 Å². The maximum Gasteiger partial charge on any atom is 0.253 e. The summed E-state index contributed by atoms with van der Waals surface area (Å²) < 4.78 is 0. The Hall–Kier alpha value is -2.79. The van der Waals surface area contributed by atoms with Crippen LogP contribution in [0, 0.1) is 0 Å². The predicted octanol–water partition coefficient (Wildman–Crippen LogP) is 2.91. The largest absolute Gasteiger partial charge is 0.361 e. The summed E-state index contributed by atoms with van der Waals surface area (Å²) in [6.45, 7) is 0.417. The van der Waals surface area contributed by atoms with Gasteiger partial charge in [-0.2, -0.15) is 0 Å². The molecular formula is C19H18ClN3O2. The van der Waals surface area contributed by atoms with Crippen molar-refractivity contribution < 1.29 is 9.59 Å². The molecule has 3 N–H and O–H groups in total. The molecule has 0 unspecified atom stereocenters. The Morgan fingerprint density at radius 1 is 1.00 bits per heavy atom. The van der Waals surface area contributed by atoms with Crippen LogP contribution in [0.2, 0.25) is 5.02 Å². The minimum Gasteiger partial charge on any atom is -0.361 e. The Morgan fingerprint density at radius 3 is 2.60 bits per heavy atom. The standard InChI is InChI=1S/C19H18ClN3O2/c20-16-7-3-1-6-15(16)19(25)23-12-18(24)21-10-9-13-11-22-17-8-4-2-5-14(13)17/h1-8,11,22H,9-10,12H2,(H,21,24)(H,23,25). The van der Waals surface area contributed by atoms with Gasteiger partial charge in [0.15, 0.2) is 0 Å². The third kappa shape index (κ3) is 4.19. The zero-order chi connectivity index (χ0) is 17.6. The normalized spacial score (nSPS) is 10.6. The highest BCUT2D eigenvalue weighted by Gasteiger charge is 2.11. The fourth-order valence-electron chi connectivity index (χ4n) is 2.64. The van der Waals surface area contributed by atoms with Gasteiger partial charge in [-0.3, -0.25) is 9.59 Å². The van der Waals surface area contributed by atoms with Crippen LogP contribution in [0.5, 0.6) is 0 Å². The first-order chi connectivity index (χ1) is 12.1. The maximum absolute atomic E-state index is 12.0. The van der Waals surface area contributed by atoms with Crippen molar-refractivity contribution in [3.8, 4) is 0 Å². The Kier molecular flexibility index (Phi) is 5.36. The van der Waals surface area contributed by atoms with Crippen LogP contribution < -0.4 is 10.6 Å². The van der Waals surface area contributed by atoms with E-state index in [1.165, 1.54) is 0 Å². The third-order valence-electron chi connectivity index (χ3n) is 3.92. The Morgan fingerprint density at radius 2 is 1.76 bits per heavy atom. The lowest BCUT2D eigenvalue weighted by Gasteiger charge is -2.07. The number of rotatable bonds is 6. The number of benzene rings is 2. The molecule has 0 aliphatic carbocycles. The van der Waals surface area contributed by atoms with Gasteiger partial charge in [0.1, 0.15) is 0 Å². The number of halogens is 1. The SMILES string of the molecule is O=C(CNC(=O)c1ccccc1Cl)NCCc1c[nH]c2ccccc12. The van der Waals surface area contributed by atoms with E-state index < -0.39 is 0 Å². The first-order valence-corrected chi connectivity index (χ1v) is 8.37. The van der Waals surface area contributed by atoms with Crippen molar-refractivity contribution in [1.29, 1.82) is 0 Å². The number of aromatic amines is 1. The van der Waals surface area contributed by atoms with Gasteiger partial charge in [0.25, 0.3) is 5.91 Å². The fourth-order valence-corrected chi connectivity index (χ4v) is 2.86. The number of fused-ring (bicyclic) bond motifs is 1. The van der Waals surface area contributed by atoms with E-state index in [2.05, 4.69) is 15.6 Å². The molecule has 0 spiro atoms. The number of hydrogen-bond acceptors (Lipinski definition) is 2. The van der Waals surface area contributed by atoms with Crippen molar-refractivity contribution in [3.05, 3.63) is 70.9 Å². The van der Waals surface area contributed by atoms with Gasteiger partial charge < -0.3 is 15.6 Å². The lowest BCUT2D eigenvalue weighted by molar-refractivity contribution is -0.120. The summed E-state index contributed by atoms with van der Waals surface area (Å²) >= 11 is 5.96. The zero-order valence-corrected chi connectivity index (χ0v) is 14.3. The molecular weight excluding hydrogens is 338 g/mol. The fraction of sp³-hybridized carbons (Fsp3) is 0.158. The number of nitrogens with one attached hydrogen (secondary N) is 3. The second-order valence-electron chi connectivity index (χ2n) is 5.62. The van der Waals surface area contributed by atoms with Crippen molar-refractivity contribution in [1.82, 2.24) is 15.6 Å². The van der Waals surface area contributed by atoms with Crippen molar-refractivity contribution in [2.45, 2.75) is 6.42 Å². The molecule has 1 aromatic heterocycles. The molecule has 2 amide bonds. The number of carbonyl (C=O) groups is 2. The molecule has 1 heterocycles. The summed E-state index contributed by atoms with van der Waals surface area (Å²) in [4.78, 5) is 27.1. The number of aromatic nitrogens is 1. The lowest BCUT2D eigenvalue weighted by Crippen LogP contribution is -2.37. The van der Waals surface area contributed by atoms with Gasteiger partial charge in [0.2, 0.25) is 5.91 Å². The quantitative estimate of drug-likeness (QED) is 0.636. The third-order valence-corrected chi connectivity index (χ3v) is 4.25. The molecule has 0 aliphatic heterocycles. The summed E-state index contributed by atoms with van der Waals surface area (Å²) in [5.41, 5.74) is 2.59. The van der Waals surface area contributed by atoms with Crippen molar-refractivity contribution in [2.75, 3.05) is 13.1 Å². The first-order valence-electron chi connectivity index (χ1n) is 7.99. The Labute approximate surface area is 150 Å². The molecule has 0 fully saturated rings. The van der Waals surface area contributed by atoms with Crippen molar-refractivity contribution in [2.24, 2.45) is 0 Å². The number of hydrogen-bond donors (Lipinski definition) is 3. The maximum atomic E-state index is 12.0. The molecule has 0 aliphatic rings. The topological polar surface area (TPSA) is 74.0 Å². The molecule has 0 bridgehead atoms.